The molecule has 2 aliphatic rings. The molecule has 0 atom stereocenters. The van der Waals surface area contributed by atoms with Gasteiger partial charge in [0.1, 0.15) is 18.6 Å². The molecule has 5 rings (SSSR count). The van der Waals surface area contributed by atoms with Crippen LogP contribution in [0.25, 0.3) is 11.3 Å². The summed E-state index contributed by atoms with van der Waals surface area (Å²) in [7, 11) is 2.16. The number of nitrogens with one attached hydrogen (secondary N) is 1. The van der Waals surface area contributed by atoms with Gasteiger partial charge in [-0.3, -0.25) is 4.98 Å². The number of halogens is 1. The summed E-state index contributed by atoms with van der Waals surface area (Å²) in [6.45, 7) is 7.59. The molecule has 0 saturated carbocycles. The maximum atomic E-state index is 14.8. The second-order valence-electron chi connectivity index (χ2n) is 9.15. The fraction of sp³-hybridized carbons (Fsp3) is 0.440. The normalized spacial score (nSPS) is 17.2. The Kier molecular flexibility index (Phi) is 5.93. The Hall–Kier alpha value is -3.13. The van der Waals surface area contributed by atoms with E-state index in [0.29, 0.717) is 35.5 Å². The molecule has 8 heteroatoms. The van der Waals surface area contributed by atoms with E-state index in [2.05, 4.69) is 52.0 Å². The van der Waals surface area contributed by atoms with Crippen LogP contribution in [0.4, 0.5) is 21.8 Å². The number of hydrogen-bond acceptors (Lipinski definition) is 7. The van der Waals surface area contributed by atoms with Crippen LogP contribution in [0.2, 0.25) is 0 Å². The number of hydrogen-bond donors (Lipinski definition) is 1. The van der Waals surface area contributed by atoms with E-state index in [1.54, 1.807) is 0 Å². The van der Waals surface area contributed by atoms with Gasteiger partial charge < -0.3 is 24.3 Å². The molecular formula is C25H30FN5O2. The first kappa shape index (κ1) is 21.7. The molecule has 1 saturated heterocycles. The third-order valence-electron chi connectivity index (χ3n) is 6.51. The van der Waals surface area contributed by atoms with Gasteiger partial charge in [0.05, 0.1) is 24.1 Å². The van der Waals surface area contributed by atoms with Crippen molar-refractivity contribution in [2.45, 2.75) is 38.6 Å². The van der Waals surface area contributed by atoms with Gasteiger partial charge in [-0.05, 0) is 71.1 Å². The predicted molar refractivity (Wildman–Crippen MR) is 127 cm³/mol. The number of rotatable bonds is 5. The van der Waals surface area contributed by atoms with Crippen LogP contribution in [0.1, 0.15) is 38.3 Å². The van der Waals surface area contributed by atoms with Crippen molar-refractivity contribution < 1.29 is 13.5 Å². The lowest BCUT2D eigenvalue weighted by atomic mass is 9.93. The van der Waals surface area contributed by atoms with Crippen LogP contribution in [-0.4, -0.2) is 54.2 Å². The van der Waals surface area contributed by atoms with Gasteiger partial charge in [-0.25, -0.2) is 4.39 Å². The zero-order valence-corrected chi connectivity index (χ0v) is 19.3. The van der Waals surface area contributed by atoms with Crippen LogP contribution in [0.5, 0.6) is 5.75 Å². The topological polar surface area (TPSA) is 66.7 Å². The molecule has 0 radical (unpaired) electrons. The smallest absolute Gasteiger partial charge is 0.299 e. The minimum atomic E-state index is -0.390. The van der Waals surface area contributed by atoms with Crippen LogP contribution in [0.15, 0.2) is 41.1 Å². The van der Waals surface area contributed by atoms with Gasteiger partial charge in [-0.1, -0.05) is 0 Å². The number of oxazole rings is 1. The molecule has 4 heterocycles. The predicted octanol–water partition coefficient (Wildman–Crippen LogP) is 5.04. The number of nitrogens with zero attached hydrogens (tertiary/aromatic N) is 4. The largest absolute Gasteiger partial charge is 0.486 e. The van der Waals surface area contributed by atoms with Crippen molar-refractivity contribution >= 4 is 17.4 Å². The van der Waals surface area contributed by atoms with Crippen molar-refractivity contribution in [2.75, 3.05) is 43.5 Å². The Labute approximate surface area is 193 Å². The van der Waals surface area contributed by atoms with E-state index in [9.17, 15) is 4.39 Å². The first-order chi connectivity index (χ1) is 16.0. The maximum Gasteiger partial charge on any atom is 0.299 e. The summed E-state index contributed by atoms with van der Waals surface area (Å²) in [5.74, 6) is 0.423. The number of likely N-dealkylation sites (tertiary alicyclic amines) is 1. The molecular weight excluding hydrogens is 421 g/mol. The molecule has 1 aromatic carbocycles. The van der Waals surface area contributed by atoms with Crippen molar-refractivity contribution in [3.05, 3.63) is 48.2 Å². The first-order valence-corrected chi connectivity index (χ1v) is 11.6. The number of ether oxygens (including phenoxy) is 1. The standard InChI is InChI=1S/C25H30FN5O2/c1-16(2)31-10-11-32-24-20(26)12-18(13-23(24)31)22-15-33-25(29-22)28-19-4-5-21(27-14-19)17-6-8-30(3)9-7-17/h4-5,12-17H,6-11H2,1-3H3,(H,28,29). The monoisotopic (exact) mass is 451 g/mol. The number of fused-ring (bicyclic) bond motifs is 1. The lowest BCUT2D eigenvalue weighted by Gasteiger charge is -2.34. The second kappa shape index (κ2) is 9.02. The number of pyridine rings is 1. The molecule has 0 bridgehead atoms. The average Bonchev–Trinajstić information content (AvgIpc) is 3.28. The highest BCUT2D eigenvalue weighted by atomic mass is 19.1. The summed E-state index contributed by atoms with van der Waals surface area (Å²) < 4.78 is 26.0. The van der Waals surface area contributed by atoms with E-state index in [0.717, 1.165) is 49.5 Å². The van der Waals surface area contributed by atoms with Gasteiger partial charge in [0.15, 0.2) is 11.6 Å². The van der Waals surface area contributed by atoms with E-state index in [1.165, 1.54) is 12.3 Å². The van der Waals surface area contributed by atoms with Crippen LogP contribution >= 0.6 is 0 Å². The third-order valence-corrected chi connectivity index (χ3v) is 6.51. The lowest BCUT2D eigenvalue weighted by Crippen LogP contribution is -2.38. The molecule has 1 N–H and O–H groups in total. The fourth-order valence-corrected chi connectivity index (χ4v) is 4.60. The van der Waals surface area contributed by atoms with Gasteiger partial charge in [0.25, 0.3) is 6.01 Å². The summed E-state index contributed by atoms with van der Waals surface area (Å²) in [4.78, 5) is 13.7. The number of anilines is 3. The van der Waals surface area contributed by atoms with Gasteiger partial charge in [-0.2, -0.15) is 4.98 Å². The zero-order chi connectivity index (χ0) is 22.9. The average molecular weight is 452 g/mol. The highest BCUT2D eigenvalue weighted by Crippen LogP contribution is 2.39. The summed E-state index contributed by atoms with van der Waals surface area (Å²) in [5, 5.41) is 3.16. The van der Waals surface area contributed by atoms with Crippen LogP contribution in [0.3, 0.4) is 0 Å². The Morgan fingerprint density at radius 1 is 1.15 bits per heavy atom. The van der Waals surface area contributed by atoms with Gasteiger partial charge in [0, 0.05) is 23.2 Å². The Bertz CT molecular complexity index is 1110. The molecule has 0 spiro atoms. The van der Waals surface area contributed by atoms with Gasteiger partial charge in [-0.15, -0.1) is 0 Å². The van der Waals surface area contributed by atoms with Crippen molar-refractivity contribution in [3.63, 3.8) is 0 Å². The molecule has 2 aliphatic heterocycles. The molecule has 0 amide bonds. The van der Waals surface area contributed by atoms with Crippen molar-refractivity contribution in [1.29, 1.82) is 0 Å². The van der Waals surface area contributed by atoms with Crippen LogP contribution in [-0.2, 0) is 0 Å². The summed E-state index contributed by atoms with van der Waals surface area (Å²) in [5.41, 5.74) is 3.89. The minimum absolute atomic E-state index is 0.238. The van der Waals surface area contributed by atoms with Gasteiger partial charge >= 0.3 is 0 Å². The summed E-state index contributed by atoms with van der Waals surface area (Å²) in [6.07, 6.45) is 5.62. The van der Waals surface area contributed by atoms with E-state index in [1.807, 2.05) is 18.3 Å². The van der Waals surface area contributed by atoms with E-state index >= 15 is 0 Å². The molecule has 1 fully saturated rings. The molecule has 2 aromatic heterocycles. The highest BCUT2D eigenvalue weighted by molar-refractivity contribution is 5.72. The molecule has 174 valence electrons. The second-order valence-corrected chi connectivity index (χ2v) is 9.15. The van der Waals surface area contributed by atoms with Crippen molar-refractivity contribution in [1.82, 2.24) is 14.9 Å². The number of piperidine rings is 1. The molecule has 0 aliphatic carbocycles. The quantitative estimate of drug-likeness (QED) is 0.583. The summed E-state index contributed by atoms with van der Waals surface area (Å²) >= 11 is 0. The maximum absolute atomic E-state index is 14.8. The molecule has 3 aromatic rings. The highest BCUT2D eigenvalue weighted by Gasteiger charge is 2.25. The Morgan fingerprint density at radius 3 is 2.70 bits per heavy atom. The first-order valence-electron chi connectivity index (χ1n) is 11.6. The van der Waals surface area contributed by atoms with Crippen molar-refractivity contribution in [3.8, 4) is 17.0 Å². The zero-order valence-electron chi connectivity index (χ0n) is 19.3. The number of benzene rings is 1. The third kappa shape index (κ3) is 4.53. The molecule has 7 nitrogen and oxygen atoms in total. The summed E-state index contributed by atoms with van der Waals surface area (Å²) in [6, 6.07) is 8.01. The van der Waals surface area contributed by atoms with Crippen molar-refractivity contribution in [2.24, 2.45) is 0 Å². The van der Waals surface area contributed by atoms with Crippen LogP contribution < -0.4 is 15.0 Å². The number of aromatic nitrogens is 2. The fourth-order valence-electron chi connectivity index (χ4n) is 4.60. The molecule has 33 heavy (non-hydrogen) atoms. The van der Waals surface area contributed by atoms with E-state index < -0.39 is 0 Å². The van der Waals surface area contributed by atoms with Crippen LogP contribution in [0, 0.1) is 5.82 Å². The van der Waals surface area contributed by atoms with E-state index in [-0.39, 0.29) is 11.9 Å². The van der Waals surface area contributed by atoms with E-state index in [4.69, 9.17) is 9.15 Å². The Balaban J connectivity index is 1.32. The lowest BCUT2D eigenvalue weighted by molar-refractivity contribution is 0.253. The molecule has 0 unspecified atom stereocenters. The van der Waals surface area contributed by atoms with Gasteiger partial charge in [0.2, 0.25) is 0 Å². The SMILES string of the molecule is CC(C)N1CCOc2c(F)cc(-c3coc(Nc4ccc(C5CCN(C)CC5)nc4)n3)cc21. The minimum Gasteiger partial charge on any atom is -0.486 e. The Morgan fingerprint density at radius 2 is 1.97 bits per heavy atom.